The van der Waals surface area contributed by atoms with Gasteiger partial charge in [0, 0.05) is 45.9 Å². The van der Waals surface area contributed by atoms with Crippen molar-refractivity contribution in [3.63, 3.8) is 0 Å². The number of amides is 1. The number of ether oxygens (including phenoxy) is 1. The Hall–Kier alpha value is -2.87. The third-order valence-corrected chi connectivity index (χ3v) is 7.85. The molecule has 2 aromatic carbocycles. The molecule has 1 unspecified atom stereocenters. The number of benzene rings is 2. The third-order valence-electron chi connectivity index (χ3n) is 7.19. The van der Waals surface area contributed by atoms with Crippen molar-refractivity contribution in [3.8, 4) is 17.1 Å². The molecule has 9 heteroatoms. The summed E-state index contributed by atoms with van der Waals surface area (Å²) in [6.07, 6.45) is 5.76. The number of halogens is 2. The second-order valence-corrected chi connectivity index (χ2v) is 10.5. The van der Waals surface area contributed by atoms with E-state index < -0.39 is 6.10 Å². The van der Waals surface area contributed by atoms with E-state index in [-0.39, 0.29) is 17.6 Å². The van der Waals surface area contributed by atoms with Gasteiger partial charge in [-0.3, -0.25) is 4.79 Å². The van der Waals surface area contributed by atoms with Crippen molar-refractivity contribution in [1.29, 1.82) is 0 Å². The number of nitrogens with zero attached hydrogens (tertiary/aromatic N) is 4. The van der Waals surface area contributed by atoms with E-state index in [0.29, 0.717) is 32.9 Å². The van der Waals surface area contributed by atoms with Gasteiger partial charge in [-0.15, -0.1) is 0 Å². The lowest BCUT2D eigenvalue weighted by Gasteiger charge is -2.28. The summed E-state index contributed by atoms with van der Waals surface area (Å²) in [5, 5.41) is 1.01. The number of nitrogens with two attached hydrogens (primary N) is 1. The predicted molar refractivity (Wildman–Crippen MR) is 147 cm³/mol. The molecule has 3 heterocycles. The largest absolute Gasteiger partial charge is 0.467 e. The van der Waals surface area contributed by atoms with Crippen molar-refractivity contribution in [2.24, 2.45) is 0 Å². The molecule has 2 N–H and O–H groups in total. The Balaban J connectivity index is 1.30. The van der Waals surface area contributed by atoms with E-state index in [9.17, 15) is 4.79 Å². The lowest BCUT2D eigenvalue weighted by atomic mass is 10.1. The van der Waals surface area contributed by atoms with Gasteiger partial charge in [0.2, 0.25) is 0 Å². The van der Waals surface area contributed by atoms with Crippen LogP contribution in [-0.4, -0.2) is 57.9 Å². The molecular formula is C28H31Cl2N5O2. The number of hydrogen-bond acceptors (Lipinski definition) is 6. The lowest BCUT2D eigenvalue weighted by Crippen LogP contribution is -2.42. The summed E-state index contributed by atoms with van der Waals surface area (Å²) in [6, 6.07) is 13.1. The SMILES string of the molecule is CC(Oc1nc(-c2ccc(C(=O)N3CCC[C@H]3CN3CCCC3)cc2)cnc1N)c1c(Cl)cccc1Cl. The van der Waals surface area contributed by atoms with E-state index in [4.69, 9.17) is 33.7 Å². The van der Waals surface area contributed by atoms with Crippen LogP contribution in [0.2, 0.25) is 10.0 Å². The van der Waals surface area contributed by atoms with Crippen LogP contribution in [0.4, 0.5) is 5.82 Å². The molecule has 2 fully saturated rings. The first-order valence-electron chi connectivity index (χ1n) is 12.8. The summed E-state index contributed by atoms with van der Waals surface area (Å²) >= 11 is 12.7. The number of hydrogen-bond donors (Lipinski definition) is 1. The first-order chi connectivity index (χ1) is 17.9. The summed E-state index contributed by atoms with van der Waals surface area (Å²) in [5.41, 5.74) is 8.80. The highest BCUT2D eigenvalue weighted by Gasteiger charge is 2.31. The maximum Gasteiger partial charge on any atom is 0.258 e. The summed E-state index contributed by atoms with van der Waals surface area (Å²) in [4.78, 5) is 26.7. The summed E-state index contributed by atoms with van der Waals surface area (Å²) in [6.45, 7) is 5.91. The van der Waals surface area contributed by atoms with Gasteiger partial charge >= 0.3 is 0 Å². The Bertz CT molecular complexity index is 1240. The van der Waals surface area contributed by atoms with Crippen molar-refractivity contribution in [3.05, 3.63) is 69.8 Å². The molecule has 1 amide bonds. The zero-order valence-electron chi connectivity index (χ0n) is 20.9. The van der Waals surface area contributed by atoms with E-state index in [1.165, 1.54) is 12.8 Å². The smallest absolute Gasteiger partial charge is 0.258 e. The van der Waals surface area contributed by atoms with Gasteiger partial charge in [0.15, 0.2) is 5.82 Å². The molecule has 3 aromatic rings. The van der Waals surface area contributed by atoms with Crippen molar-refractivity contribution >= 4 is 34.9 Å². The average molecular weight is 540 g/mol. The normalized spacial score (nSPS) is 18.8. The van der Waals surface area contributed by atoms with Crippen LogP contribution in [0.3, 0.4) is 0 Å². The van der Waals surface area contributed by atoms with Gasteiger partial charge in [-0.05, 0) is 70.0 Å². The molecule has 194 valence electrons. The summed E-state index contributed by atoms with van der Waals surface area (Å²) in [7, 11) is 0. The minimum absolute atomic E-state index is 0.0890. The van der Waals surface area contributed by atoms with Gasteiger partial charge in [0.1, 0.15) is 6.10 Å². The second kappa shape index (κ2) is 11.3. The van der Waals surface area contributed by atoms with Crippen molar-refractivity contribution in [2.75, 3.05) is 31.9 Å². The van der Waals surface area contributed by atoms with Gasteiger partial charge in [-0.2, -0.15) is 0 Å². The molecule has 7 nitrogen and oxygen atoms in total. The monoisotopic (exact) mass is 539 g/mol. The van der Waals surface area contributed by atoms with Crippen LogP contribution in [-0.2, 0) is 0 Å². The Morgan fingerprint density at radius 1 is 1.08 bits per heavy atom. The first kappa shape index (κ1) is 25.8. The van der Waals surface area contributed by atoms with Gasteiger partial charge in [-0.1, -0.05) is 41.4 Å². The van der Waals surface area contributed by atoms with E-state index >= 15 is 0 Å². The minimum Gasteiger partial charge on any atom is -0.467 e. The number of nitrogen functional groups attached to an aromatic ring is 1. The molecular weight excluding hydrogens is 509 g/mol. The van der Waals surface area contributed by atoms with E-state index in [1.54, 1.807) is 24.4 Å². The highest BCUT2D eigenvalue weighted by Crippen LogP contribution is 2.34. The quantitative estimate of drug-likeness (QED) is 0.404. The van der Waals surface area contributed by atoms with Gasteiger partial charge < -0.3 is 20.3 Å². The maximum atomic E-state index is 13.3. The molecule has 2 atom stereocenters. The first-order valence-corrected chi connectivity index (χ1v) is 13.5. The van der Waals surface area contributed by atoms with Crippen molar-refractivity contribution in [2.45, 2.75) is 44.8 Å². The molecule has 2 aliphatic rings. The van der Waals surface area contributed by atoms with Gasteiger partial charge in [-0.25, -0.2) is 9.97 Å². The summed E-state index contributed by atoms with van der Waals surface area (Å²) in [5.74, 6) is 0.456. The average Bonchev–Trinajstić information content (AvgIpc) is 3.58. The molecule has 0 radical (unpaired) electrons. The van der Waals surface area contributed by atoms with Crippen LogP contribution in [0.1, 0.15) is 54.6 Å². The van der Waals surface area contributed by atoms with Crippen molar-refractivity contribution in [1.82, 2.24) is 19.8 Å². The molecule has 5 rings (SSSR count). The number of rotatable bonds is 7. The fraction of sp³-hybridized carbons (Fsp3) is 0.393. The van der Waals surface area contributed by atoms with E-state index in [2.05, 4.69) is 14.9 Å². The predicted octanol–water partition coefficient (Wildman–Crippen LogP) is 5.87. The number of carbonyl (C=O) groups excluding carboxylic acids is 1. The number of carbonyl (C=O) groups is 1. The fourth-order valence-corrected chi connectivity index (χ4v) is 5.94. The Kier molecular flexibility index (Phi) is 7.84. The van der Waals surface area contributed by atoms with Crippen LogP contribution in [0.15, 0.2) is 48.7 Å². The molecule has 0 bridgehead atoms. The zero-order valence-corrected chi connectivity index (χ0v) is 22.4. The van der Waals surface area contributed by atoms with Crippen LogP contribution in [0, 0.1) is 0 Å². The Morgan fingerprint density at radius 3 is 2.49 bits per heavy atom. The molecule has 0 saturated carbocycles. The molecule has 2 saturated heterocycles. The highest BCUT2D eigenvalue weighted by atomic mass is 35.5. The molecule has 1 aromatic heterocycles. The molecule has 0 aliphatic carbocycles. The van der Waals surface area contributed by atoms with Gasteiger partial charge in [0.25, 0.3) is 11.8 Å². The Morgan fingerprint density at radius 2 is 1.78 bits per heavy atom. The number of likely N-dealkylation sites (tertiary alicyclic amines) is 2. The molecule has 2 aliphatic heterocycles. The topological polar surface area (TPSA) is 84.6 Å². The van der Waals surface area contributed by atoms with Gasteiger partial charge in [0.05, 0.1) is 11.9 Å². The molecule has 0 spiro atoms. The summed E-state index contributed by atoms with van der Waals surface area (Å²) < 4.78 is 6.02. The maximum absolute atomic E-state index is 13.3. The van der Waals surface area contributed by atoms with E-state index in [1.807, 2.05) is 36.1 Å². The van der Waals surface area contributed by atoms with Crippen molar-refractivity contribution < 1.29 is 9.53 Å². The molecule has 37 heavy (non-hydrogen) atoms. The Labute approximate surface area is 227 Å². The standard InChI is InChI=1S/C28H31Cl2N5O2/c1-18(25-22(29)7-4-8-23(25)30)37-27-26(31)32-16-24(33-27)19-9-11-20(12-10-19)28(36)35-15-5-6-21(35)17-34-13-2-3-14-34/h4,7-12,16,18,21H,2-3,5-6,13-15,17H2,1H3,(H2,31,32)/t18?,21-/m0/s1. The van der Waals surface area contributed by atoms with Crippen LogP contribution < -0.4 is 10.5 Å². The number of anilines is 1. The second-order valence-electron chi connectivity index (χ2n) is 9.72. The van der Waals surface area contributed by atoms with Crippen LogP contribution in [0.5, 0.6) is 5.88 Å². The minimum atomic E-state index is -0.484. The fourth-order valence-electron chi connectivity index (χ4n) is 5.24. The highest BCUT2D eigenvalue weighted by molar-refractivity contribution is 6.36. The zero-order chi connectivity index (χ0) is 25.9. The van der Waals surface area contributed by atoms with Crippen LogP contribution in [0.25, 0.3) is 11.3 Å². The third kappa shape index (κ3) is 5.69. The van der Waals surface area contributed by atoms with E-state index in [0.717, 1.165) is 44.6 Å². The lowest BCUT2D eigenvalue weighted by molar-refractivity contribution is 0.0709. The van der Waals surface area contributed by atoms with Crippen LogP contribution >= 0.6 is 23.2 Å². The number of aromatic nitrogens is 2.